The van der Waals surface area contributed by atoms with E-state index < -0.39 is 10.0 Å². The lowest BCUT2D eigenvalue weighted by atomic mass is 10.1. The van der Waals surface area contributed by atoms with Crippen molar-refractivity contribution in [1.82, 2.24) is 24.7 Å². The van der Waals surface area contributed by atoms with Crippen molar-refractivity contribution in [3.05, 3.63) is 72.7 Å². The van der Waals surface area contributed by atoms with Crippen LogP contribution in [-0.4, -0.2) is 46.0 Å². The number of aryl methyl sites for hydroxylation is 1. The van der Waals surface area contributed by atoms with Crippen molar-refractivity contribution in [2.75, 3.05) is 17.0 Å². The number of hydrogen-bond acceptors (Lipinski definition) is 5. The van der Waals surface area contributed by atoms with E-state index in [0.29, 0.717) is 17.1 Å². The second kappa shape index (κ2) is 7.99. The molecule has 0 aliphatic rings. The van der Waals surface area contributed by atoms with Crippen LogP contribution < -0.4 is 10.0 Å². The number of amides is 1. The zero-order valence-electron chi connectivity index (χ0n) is 16.2. The van der Waals surface area contributed by atoms with E-state index >= 15 is 0 Å². The first-order valence-corrected chi connectivity index (χ1v) is 10.9. The van der Waals surface area contributed by atoms with Crippen LogP contribution in [0.1, 0.15) is 10.5 Å². The van der Waals surface area contributed by atoms with E-state index in [-0.39, 0.29) is 18.2 Å². The molecule has 0 saturated carbocycles. The molecular weight excluding hydrogens is 404 g/mol. The molecule has 2 N–H and O–H groups in total. The van der Waals surface area contributed by atoms with Crippen LogP contribution in [0.2, 0.25) is 0 Å². The summed E-state index contributed by atoms with van der Waals surface area (Å²) in [6.45, 7) is -0.0328. The molecule has 154 valence electrons. The Kier molecular flexibility index (Phi) is 5.23. The van der Waals surface area contributed by atoms with Gasteiger partial charge in [0, 0.05) is 31.5 Å². The number of fused-ring (bicyclic) bond motifs is 1. The van der Waals surface area contributed by atoms with E-state index in [1.165, 1.54) is 4.68 Å². The average molecular weight is 424 g/mol. The molecular formula is C20H20N6O3S. The van der Waals surface area contributed by atoms with Gasteiger partial charge in [0.2, 0.25) is 10.0 Å². The van der Waals surface area contributed by atoms with Crippen molar-refractivity contribution in [2.45, 2.75) is 0 Å². The Bertz CT molecular complexity index is 1290. The summed E-state index contributed by atoms with van der Waals surface area (Å²) in [5, 5.41) is 11.1. The molecule has 0 fully saturated rings. The zero-order valence-corrected chi connectivity index (χ0v) is 17.0. The maximum atomic E-state index is 12.5. The molecule has 4 rings (SSSR count). The van der Waals surface area contributed by atoms with Crippen LogP contribution in [0, 0.1) is 0 Å². The van der Waals surface area contributed by atoms with Crippen molar-refractivity contribution in [3.8, 4) is 11.3 Å². The largest absolute Gasteiger partial charge is 0.350 e. The predicted octanol–water partition coefficient (Wildman–Crippen LogP) is 1.91. The number of nitrogens with one attached hydrogen (secondary N) is 2. The first-order valence-electron chi connectivity index (χ1n) is 9.23. The molecule has 0 aliphatic heterocycles. The highest BCUT2D eigenvalue weighted by atomic mass is 32.2. The van der Waals surface area contributed by atoms with Crippen molar-refractivity contribution in [3.63, 3.8) is 0 Å². The van der Waals surface area contributed by atoms with E-state index in [2.05, 4.69) is 20.2 Å². The summed E-state index contributed by atoms with van der Waals surface area (Å²) in [7, 11) is -1.96. The highest BCUT2D eigenvalue weighted by molar-refractivity contribution is 7.92. The van der Waals surface area contributed by atoms with Gasteiger partial charge in [0.25, 0.3) is 5.91 Å². The van der Waals surface area contributed by atoms with Gasteiger partial charge in [0.05, 0.1) is 22.7 Å². The van der Waals surface area contributed by atoms with Crippen LogP contribution in [0.4, 0.5) is 5.69 Å². The molecule has 0 bridgehead atoms. The number of pyridine rings is 1. The highest BCUT2D eigenvalue weighted by Crippen LogP contribution is 2.18. The van der Waals surface area contributed by atoms with Crippen LogP contribution >= 0.6 is 0 Å². The third-order valence-electron chi connectivity index (χ3n) is 4.51. The molecule has 0 atom stereocenters. The highest BCUT2D eigenvalue weighted by Gasteiger charge is 2.16. The number of nitrogens with zero attached hydrogens (tertiary/aromatic N) is 4. The normalized spacial score (nSPS) is 11.5. The predicted molar refractivity (Wildman–Crippen MR) is 114 cm³/mol. The van der Waals surface area contributed by atoms with E-state index in [1.54, 1.807) is 48.2 Å². The summed E-state index contributed by atoms with van der Waals surface area (Å²) >= 11 is 0. The zero-order chi connectivity index (χ0) is 21.1. The Labute approximate surface area is 173 Å². The standard InChI is InChI=1S/C20H20N6O3S/c1-25-19(14-18(23-25)15-5-3-2-4-6-15)20(27)21-10-12-30(28,29)24-16-8-11-26-17(13-16)7-9-22-26/h2-9,11,13-14,24H,10,12H2,1H3,(H,21,27). The quantitative estimate of drug-likeness (QED) is 0.471. The van der Waals surface area contributed by atoms with Crippen LogP contribution in [0.5, 0.6) is 0 Å². The summed E-state index contributed by atoms with van der Waals surface area (Å²) < 4.78 is 30.3. The Morgan fingerprint density at radius 3 is 2.70 bits per heavy atom. The van der Waals surface area contributed by atoms with Gasteiger partial charge in [-0.3, -0.25) is 14.2 Å². The molecule has 9 nitrogen and oxygen atoms in total. The van der Waals surface area contributed by atoms with Gasteiger partial charge in [-0.25, -0.2) is 12.9 Å². The van der Waals surface area contributed by atoms with Crippen molar-refractivity contribution < 1.29 is 13.2 Å². The average Bonchev–Trinajstić information content (AvgIpc) is 3.34. The fourth-order valence-corrected chi connectivity index (χ4v) is 3.99. The van der Waals surface area contributed by atoms with Gasteiger partial charge >= 0.3 is 0 Å². The van der Waals surface area contributed by atoms with Gasteiger partial charge in [0.15, 0.2) is 0 Å². The van der Waals surface area contributed by atoms with E-state index in [9.17, 15) is 13.2 Å². The number of sulfonamides is 1. The molecule has 0 saturated heterocycles. The maximum absolute atomic E-state index is 12.5. The minimum absolute atomic E-state index is 0.0328. The van der Waals surface area contributed by atoms with E-state index in [1.807, 2.05) is 30.3 Å². The Morgan fingerprint density at radius 1 is 1.10 bits per heavy atom. The summed E-state index contributed by atoms with van der Waals surface area (Å²) in [6.07, 6.45) is 3.30. The Balaban J connectivity index is 1.36. The van der Waals surface area contributed by atoms with Gasteiger partial charge in [-0.15, -0.1) is 0 Å². The topological polar surface area (TPSA) is 110 Å². The van der Waals surface area contributed by atoms with Crippen molar-refractivity contribution >= 4 is 27.1 Å². The minimum Gasteiger partial charge on any atom is -0.350 e. The van der Waals surface area contributed by atoms with E-state index in [4.69, 9.17) is 0 Å². The first-order chi connectivity index (χ1) is 14.4. The second-order valence-corrected chi connectivity index (χ2v) is 8.54. The van der Waals surface area contributed by atoms with Gasteiger partial charge in [-0.2, -0.15) is 10.2 Å². The summed E-state index contributed by atoms with van der Waals surface area (Å²) in [5.41, 5.74) is 3.13. The lowest BCUT2D eigenvalue weighted by Crippen LogP contribution is -2.32. The summed E-state index contributed by atoms with van der Waals surface area (Å²) in [4.78, 5) is 12.5. The molecule has 4 aromatic rings. The second-order valence-electron chi connectivity index (χ2n) is 6.70. The lowest BCUT2D eigenvalue weighted by molar-refractivity contribution is 0.0946. The van der Waals surface area contributed by atoms with Crippen LogP contribution in [0.3, 0.4) is 0 Å². The molecule has 1 aromatic carbocycles. The Morgan fingerprint density at radius 2 is 1.90 bits per heavy atom. The molecule has 3 aromatic heterocycles. The minimum atomic E-state index is -3.63. The Hall–Kier alpha value is -3.66. The van der Waals surface area contributed by atoms with Crippen molar-refractivity contribution in [1.29, 1.82) is 0 Å². The van der Waals surface area contributed by atoms with Crippen molar-refractivity contribution in [2.24, 2.45) is 7.05 Å². The van der Waals surface area contributed by atoms with Crippen LogP contribution in [0.15, 0.2) is 67.0 Å². The lowest BCUT2D eigenvalue weighted by Gasteiger charge is -2.09. The fourth-order valence-electron chi connectivity index (χ4n) is 3.03. The van der Waals surface area contributed by atoms with Gasteiger partial charge in [-0.1, -0.05) is 30.3 Å². The smallest absolute Gasteiger partial charge is 0.269 e. The molecule has 0 aliphatic carbocycles. The number of carbonyl (C=O) groups is 1. The number of anilines is 1. The number of carbonyl (C=O) groups excluding carboxylic acids is 1. The summed E-state index contributed by atoms with van der Waals surface area (Å²) in [5.74, 6) is -0.643. The molecule has 10 heteroatoms. The molecule has 1 amide bonds. The number of hydrogen-bond donors (Lipinski definition) is 2. The van der Waals surface area contributed by atoms with Crippen LogP contribution in [-0.2, 0) is 17.1 Å². The van der Waals surface area contributed by atoms with Gasteiger partial charge < -0.3 is 5.32 Å². The third-order valence-corrected chi connectivity index (χ3v) is 5.80. The molecule has 30 heavy (non-hydrogen) atoms. The molecule has 0 radical (unpaired) electrons. The number of aromatic nitrogens is 4. The molecule has 3 heterocycles. The SMILES string of the molecule is Cn1nc(-c2ccccc2)cc1C(=O)NCCS(=O)(=O)Nc1ccn2nccc2c1. The number of benzene rings is 1. The monoisotopic (exact) mass is 424 g/mol. The van der Waals surface area contributed by atoms with Crippen LogP contribution in [0.25, 0.3) is 16.8 Å². The maximum Gasteiger partial charge on any atom is 0.269 e. The summed E-state index contributed by atoms with van der Waals surface area (Å²) in [6, 6.07) is 16.3. The molecule has 0 unspecified atom stereocenters. The molecule has 0 spiro atoms. The third kappa shape index (κ3) is 4.33. The van der Waals surface area contributed by atoms with E-state index in [0.717, 1.165) is 11.1 Å². The first kappa shape index (κ1) is 19.6. The van der Waals surface area contributed by atoms with Gasteiger partial charge in [0.1, 0.15) is 5.69 Å². The number of rotatable bonds is 7. The fraction of sp³-hybridized carbons (Fsp3) is 0.150. The van der Waals surface area contributed by atoms with Gasteiger partial charge in [-0.05, 0) is 24.3 Å².